The van der Waals surface area contributed by atoms with Crippen LogP contribution in [0.4, 0.5) is 0 Å². The fraction of sp³-hybridized carbons (Fsp3) is 0.455. The zero-order chi connectivity index (χ0) is 10.8. The quantitative estimate of drug-likeness (QED) is 0.863. The third-order valence-electron chi connectivity index (χ3n) is 2.57. The summed E-state index contributed by atoms with van der Waals surface area (Å²) in [5.41, 5.74) is 2.05. The maximum Gasteiger partial charge on any atom is 0.231 e. The van der Waals surface area contributed by atoms with Crippen molar-refractivity contribution in [3.63, 3.8) is 0 Å². The van der Waals surface area contributed by atoms with Crippen LogP contribution in [0.1, 0.15) is 17.5 Å². The first kappa shape index (κ1) is 10.6. The molecule has 0 saturated heterocycles. The molecule has 0 fully saturated rings. The van der Waals surface area contributed by atoms with E-state index in [-0.39, 0.29) is 13.4 Å². The molecule has 0 aliphatic carbocycles. The van der Waals surface area contributed by atoms with E-state index in [1.165, 1.54) is 0 Å². The number of halogens is 1. The Labute approximate surface area is 93.6 Å². The highest BCUT2D eigenvalue weighted by Crippen LogP contribution is 2.41. The van der Waals surface area contributed by atoms with Crippen molar-refractivity contribution in [3.8, 4) is 11.5 Å². The molecule has 0 bridgehead atoms. The number of rotatable bonds is 3. The molecule has 1 heterocycles. The lowest BCUT2D eigenvalue weighted by Crippen LogP contribution is -1.96. The van der Waals surface area contributed by atoms with Crippen LogP contribution in [0.3, 0.4) is 0 Å². The number of hydrogen-bond donors (Lipinski definition) is 1. The molecule has 2 rings (SSSR count). The van der Waals surface area contributed by atoms with Crippen LogP contribution in [0.15, 0.2) is 6.07 Å². The summed E-state index contributed by atoms with van der Waals surface area (Å²) in [5, 5.41) is 9.49. The zero-order valence-corrected chi connectivity index (χ0v) is 9.30. The van der Waals surface area contributed by atoms with E-state index in [1.54, 1.807) is 6.07 Å². The van der Waals surface area contributed by atoms with Crippen molar-refractivity contribution in [2.45, 2.75) is 19.8 Å². The third-order valence-corrected chi connectivity index (χ3v) is 2.90. The van der Waals surface area contributed by atoms with Crippen molar-refractivity contribution in [1.82, 2.24) is 0 Å². The fourth-order valence-electron chi connectivity index (χ4n) is 1.77. The van der Waals surface area contributed by atoms with Gasteiger partial charge >= 0.3 is 0 Å². The molecule has 1 aromatic rings. The molecule has 0 aromatic heterocycles. The van der Waals surface area contributed by atoms with Crippen LogP contribution in [0.5, 0.6) is 11.5 Å². The molecule has 0 unspecified atom stereocenters. The number of hydrogen-bond acceptors (Lipinski definition) is 3. The first-order valence-corrected chi connectivity index (χ1v) is 5.30. The molecular weight excluding hydrogens is 216 g/mol. The second-order valence-corrected chi connectivity index (χ2v) is 3.93. The molecule has 0 radical (unpaired) electrons. The molecule has 1 aromatic carbocycles. The number of aliphatic hydroxyl groups is 1. The summed E-state index contributed by atoms with van der Waals surface area (Å²) in [5.74, 6) is 1.50. The molecule has 4 heteroatoms. The van der Waals surface area contributed by atoms with Gasteiger partial charge in [-0.15, -0.1) is 0 Å². The van der Waals surface area contributed by atoms with Gasteiger partial charge in [0.25, 0.3) is 0 Å². The van der Waals surface area contributed by atoms with Crippen LogP contribution in [0.25, 0.3) is 0 Å². The van der Waals surface area contributed by atoms with Gasteiger partial charge in [-0.2, -0.15) is 0 Å². The van der Waals surface area contributed by atoms with Crippen LogP contribution >= 0.6 is 11.6 Å². The van der Waals surface area contributed by atoms with Gasteiger partial charge in [-0.05, 0) is 30.9 Å². The van der Waals surface area contributed by atoms with E-state index in [4.69, 9.17) is 26.2 Å². The highest BCUT2D eigenvalue weighted by Gasteiger charge is 2.20. The summed E-state index contributed by atoms with van der Waals surface area (Å²) in [6, 6.07) is 1.78. The van der Waals surface area contributed by atoms with Crippen molar-refractivity contribution in [2.24, 2.45) is 0 Å². The molecule has 3 nitrogen and oxygen atoms in total. The first-order chi connectivity index (χ1) is 7.24. The highest BCUT2D eigenvalue weighted by molar-refractivity contribution is 6.31. The van der Waals surface area contributed by atoms with Crippen LogP contribution in [-0.2, 0) is 6.42 Å². The Morgan fingerprint density at radius 2 is 2.27 bits per heavy atom. The summed E-state index contributed by atoms with van der Waals surface area (Å²) in [7, 11) is 0. The molecule has 1 aliphatic rings. The monoisotopic (exact) mass is 228 g/mol. The molecule has 1 N–H and O–H groups in total. The standard InChI is InChI=1S/C11H13ClO3/c1-7-8(3-2-4-13)9(12)5-10-11(7)15-6-14-10/h5,13H,2-4,6H2,1H3. The number of fused-ring (bicyclic) bond motifs is 1. The van der Waals surface area contributed by atoms with Gasteiger partial charge in [0.15, 0.2) is 11.5 Å². The largest absolute Gasteiger partial charge is 0.454 e. The van der Waals surface area contributed by atoms with Crippen molar-refractivity contribution >= 4 is 11.6 Å². The van der Waals surface area contributed by atoms with E-state index in [1.807, 2.05) is 6.92 Å². The van der Waals surface area contributed by atoms with Gasteiger partial charge in [-0.1, -0.05) is 11.6 Å². The van der Waals surface area contributed by atoms with Gasteiger partial charge in [0, 0.05) is 17.7 Å². The smallest absolute Gasteiger partial charge is 0.231 e. The van der Waals surface area contributed by atoms with Crippen molar-refractivity contribution in [1.29, 1.82) is 0 Å². The van der Waals surface area contributed by atoms with E-state index >= 15 is 0 Å². The van der Waals surface area contributed by atoms with Crippen molar-refractivity contribution < 1.29 is 14.6 Å². The molecule has 1 aliphatic heterocycles. The van der Waals surface area contributed by atoms with Crippen LogP contribution in [-0.4, -0.2) is 18.5 Å². The van der Waals surface area contributed by atoms with Crippen LogP contribution in [0.2, 0.25) is 5.02 Å². The van der Waals surface area contributed by atoms with Gasteiger partial charge in [-0.3, -0.25) is 0 Å². The summed E-state index contributed by atoms with van der Waals surface area (Å²) in [6.07, 6.45) is 1.47. The van der Waals surface area contributed by atoms with Crippen molar-refractivity contribution in [3.05, 3.63) is 22.2 Å². The molecule has 82 valence electrons. The minimum absolute atomic E-state index is 0.171. The maximum absolute atomic E-state index is 8.80. The maximum atomic E-state index is 8.80. The van der Waals surface area contributed by atoms with Gasteiger partial charge in [0.2, 0.25) is 6.79 Å². The van der Waals surface area contributed by atoms with E-state index in [0.29, 0.717) is 17.2 Å². The predicted molar refractivity (Wildman–Crippen MR) is 57.7 cm³/mol. The van der Waals surface area contributed by atoms with E-state index in [0.717, 1.165) is 23.3 Å². The molecule has 0 spiro atoms. The molecular formula is C11H13ClO3. The Bertz CT molecular complexity index is 377. The summed E-state index contributed by atoms with van der Waals surface area (Å²) >= 11 is 6.13. The van der Waals surface area contributed by atoms with Gasteiger partial charge < -0.3 is 14.6 Å². The summed E-state index contributed by atoms with van der Waals surface area (Å²) in [4.78, 5) is 0. The van der Waals surface area contributed by atoms with Crippen LogP contribution in [0, 0.1) is 6.92 Å². The number of benzene rings is 1. The molecule has 15 heavy (non-hydrogen) atoms. The fourth-order valence-corrected chi connectivity index (χ4v) is 2.11. The molecule has 0 amide bonds. The van der Waals surface area contributed by atoms with Gasteiger partial charge in [-0.25, -0.2) is 0 Å². The topological polar surface area (TPSA) is 38.7 Å². The average Bonchev–Trinajstić information content (AvgIpc) is 2.65. The highest BCUT2D eigenvalue weighted by atomic mass is 35.5. The summed E-state index contributed by atoms with van der Waals surface area (Å²) < 4.78 is 10.6. The van der Waals surface area contributed by atoms with Crippen molar-refractivity contribution in [2.75, 3.05) is 13.4 Å². The second kappa shape index (κ2) is 4.29. The van der Waals surface area contributed by atoms with Gasteiger partial charge in [0.1, 0.15) is 0 Å². The lowest BCUT2D eigenvalue weighted by Gasteiger charge is -2.10. The average molecular weight is 229 g/mol. The predicted octanol–water partition coefficient (Wildman–Crippen LogP) is 2.30. The Morgan fingerprint density at radius 3 is 3.00 bits per heavy atom. The minimum Gasteiger partial charge on any atom is -0.454 e. The Kier molecular flexibility index (Phi) is 3.03. The molecule has 0 atom stereocenters. The Balaban J connectivity index is 2.37. The van der Waals surface area contributed by atoms with E-state index in [9.17, 15) is 0 Å². The first-order valence-electron chi connectivity index (χ1n) is 4.92. The lowest BCUT2D eigenvalue weighted by atomic mass is 10.0. The number of ether oxygens (including phenoxy) is 2. The summed E-state index contributed by atoms with van der Waals surface area (Å²) in [6.45, 7) is 2.40. The Morgan fingerprint density at radius 1 is 1.47 bits per heavy atom. The Hall–Kier alpha value is -0.930. The van der Waals surface area contributed by atoms with E-state index in [2.05, 4.69) is 0 Å². The van der Waals surface area contributed by atoms with E-state index < -0.39 is 0 Å². The van der Waals surface area contributed by atoms with Crippen LogP contribution < -0.4 is 9.47 Å². The minimum atomic E-state index is 0.171. The second-order valence-electron chi connectivity index (χ2n) is 3.52. The number of aliphatic hydroxyl groups excluding tert-OH is 1. The third kappa shape index (κ3) is 1.90. The zero-order valence-electron chi connectivity index (χ0n) is 8.55. The van der Waals surface area contributed by atoms with Gasteiger partial charge in [0.05, 0.1) is 0 Å². The molecule has 0 saturated carbocycles. The lowest BCUT2D eigenvalue weighted by molar-refractivity contribution is 0.173. The SMILES string of the molecule is Cc1c(CCCO)c(Cl)cc2c1OCO2. The normalized spacial score (nSPS) is 13.3.